The predicted octanol–water partition coefficient (Wildman–Crippen LogP) is 8.89. The number of fused-ring (bicyclic) bond motifs is 7. The third-order valence-electron chi connectivity index (χ3n) is 11.2. The van der Waals surface area contributed by atoms with Gasteiger partial charge in [0.25, 0.3) is 0 Å². The van der Waals surface area contributed by atoms with Crippen LogP contribution in [-0.2, 0) is 37.9 Å². The number of anilines is 1. The number of benzene rings is 4. The number of thiophene rings is 3. The summed E-state index contributed by atoms with van der Waals surface area (Å²) >= 11 is 3.45. The van der Waals surface area contributed by atoms with Crippen LogP contribution in [0, 0.1) is 34.0 Å². The number of esters is 2. The average Bonchev–Trinajstić information content (AvgIpc) is 4.13. The van der Waals surface area contributed by atoms with Crippen LogP contribution in [-0.4, -0.2) is 35.1 Å². The van der Waals surface area contributed by atoms with Gasteiger partial charge in [-0.15, -0.1) is 34.0 Å². The summed E-state index contributed by atoms with van der Waals surface area (Å²) in [6, 6.07) is 31.5. The number of nitrogens with two attached hydrogens (primary N) is 1. The van der Waals surface area contributed by atoms with Crippen molar-refractivity contribution in [2.45, 2.75) is 18.8 Å². The zero-order valence-electron chi connectivity index (χ0n) is 33.6. The fourth-order valence-electron chi connectivity index (χ4n) is 7.94. The Morgan fingerprint density at radius 2 is 1.08 bits per heavy atom. The van der Waals surface area contributed by atoms with E-state index in [0.717, 1.165) is 22.7 Å². The van der Waals surface area contributed by atoms with Crippen LogP contribution in [0.2, 0.25) is 0 Å². The minimum absolute atomic E-state index is 0.00521. The van der Waals surface area contributed by atoms with Crippen LogP contribution >= 0.6 is 34.0 Å². The minimum Gasteiger partial charge on any atom is -0.457 e. The Morgan fingerprint density at radius 1 is 0.606 bits per heavy atom. The van der Waals surface area contributed by atoms with Crippen molar-refractivity contribution in [1.29, 1.82) is 15.8 Å². The summed E-state index contributed by atoms with van der Waals surface area (Å²) < 4.78 is 19.5. The molecular weight excluding hydrogens is 897 g/mol. The van der Waals surface area contributed by atoms with Gasteiger partial charge in [0.1, 0.15) is 31.4 Å². The first-order valence-electron chi connectivity index (χ1n) is 19.7. The number of hydrogen-bond acceptors (Lipinski definition) is 16. The highest BCUT2D eigenvalue weighted by molar-refractivity contribution is 7.32. The normalized spacial score (nSPS) is 14.7. The predicted molar refractivity (Wildman–Crippen MR) is 243 cm³/mol. The van der Waals surface area contributed by atoms with Gasteiger partial charge in [0.15, 0.2) is 28.9 Å². The van der Waals surface area contributed by atoms with Crippen LogP contribution in [0.25, 0.3) is 31.3 Å². The number of Topliss-reactive ketones (excluding diaryl/α,β-unsaturated/α-hetero) is 4. The molecule has 1 aliphatic heterocycles. The molecule has 0 saturated heterocycles. The van der Waals surface area contributed by atoms with Crippen molar-refractivity contribution in [3.63, 3.8) is 0 Å². The van der Waals surface area contributed by atoms with Gasteiger partial charge in [-0.2, -0.15) is 15.8 Å². The number of rotatable bonds is 8. The maximum absolute atomic E-state index is 14.9. The summed E-state index contributed by atoms with van der Waals surface area (Å²) in [4.78, 5) is 86.0. The van der Waals surface area contributed by atoms with E-state index in [2.05, 4.69) is 0 Å². The second-order valence-corrected chi connectivity index (χ2v) is 18.3. The average molecular weight is 921 g/mol. The summed E-state index contributed by atoms with van der Waals surface area (Å²) in [5, 5.41) is 28.6. The van der Waals surface area contributed by atoms with Gasteiger partial charge in [0, 0.05) is 37.6 Å². The number of carbonyl (C=O) groups is 6. The number of nitrogens with zero attached hydrogens (tertiary/aromatic N) is 3. The van der Waals surface area contributed by atoms with Gasteiger partial charge in [-0.05, 0) is 59.7 Å². The summed E-state index contributed by atoms with van der Waals surface area (Å²) in [6.07, 6.45) is 2.77. The van der Waals surface area contributed by atoms with E-state index < -0.39 is 40.7 Å². The molecule has 3 aromatic heterocycles. The van der Waals surface area contributed by atoms with Crippen molar-refractivity contribution in [3.8, 4) is 33.7 Å². The lowest BCUT2D eigenvalue weighted by molar-refractivity contribution is -0.183. The fraction of sp³-hybridized carbons (Fsp3) is 0.0600. The van der Waals surface area contributed by atoms with E-state index in [1.54, 1.807) is 66.7 Å². The van der Waals surface area contributed by atoms with Crippen LogP contribution in [0.4, 0.5) is 5.69 Å². The van der Waals surface area contributed by atoms with E-state index in [1.165, 1.54) is 53.8 Å². The molecule has 2 aliphatic carbocycles. The van der Waals surface area contributed by atoms with E-state index in [1.807, 2.05) is 18.2 Å². The van der Waals surface area contributed by atoms with Gasteiger partial charge < -0.3 is 19.9 Å². The number of hydrogen-bond donors (Lipinski definition) is 1. The van der Waals surface area contributed by atoms with E-state index in [-0.39, 0.29) is 80.3 Å². The van der Waals surface area contributed by atoms with Crippen molar-refractivity contribution < 1.29 is 43.0 Å². The van der Waals surface area contributed by atoms with Gasteiger partial charge >= 0.3 is 17.5 Å². The van der Waals surface area contributed by atoms with E-state index >= 15 is 0 Å². The first-order chi connectivity index (χ1) is 31.9. The monoisotopic (exact) mass is 920 g/mol. The van der Waals surface area contributed by atoms with Crippen LogP contribution in [0.15, 0.2) is 108 Å². The lowest BCUT2D eigenvalue weighted by Gasteiger charge is -2.33. The Kier molecular flexibility index (Phi) is 9.97. The van der Waals surface area contributed by atoms with Crippen LogP contribution in [0.3, 0.4) is 0 Å². The number of ketones is 4. The molecule has 4 aromatic carbocycles. The van der Waals surface area contributed by atoms with E-state index in [0.29, 0.717) is 40.0 Å². The minimum atomic E-state index is -2.60. The highest BCUT2D eigenvalue weighted by Gasteiger charge is 2.59. The fourth-order valence-corrected chi connectivity index (χ4v) is 11.7. The smallest absolute Gasteiger partial charge is 0.367 e. The summed E-state index contributed by atoms with van der Waals surface area (Å²) in [7, 11) is 0. The Balaban J connectivity index is 1.12. The number of carbonyl (C=O) groups excluding carboxylic acids is 6. The zero-order chi connectivity index (χ0) is 46.0. The number of nitrogen functional groups attached to an aromatic ring is 1. The lowest BCUT2D eigenvalue weighted by atomic mass is 9.90. The van der Waals surface area contributed by atoms with Gasteiger partial charge in [0.05, 0.1) is 52.7 Å². The van der Waals surface area contributed by atoms with Crippen LogP contribution in [0.1, 0.15) is 84.6 Å². The van der Waals surface area contributed by atoms with Gasteiger partial charge in [0.2, 0.25) is 0 Å². The SMILES string of the molecule is N#Cc1cc2c(cc1N)C(=O)/C(=C\c1cc3c(s1)-c1sc4cc(C=C5C(=O)c6cc(C#N)c(C#N)cc6C5=O)sc4c1OC3(C(=O)OCc1ccccc1)C(=O)OCc1ccccc1)C2=O. The second-order valence-electron chi connectivity index (χ2n) is 15.1. The Bertz CT molecular complexity index is 3470. The molecule has 4 heterocycles. The molecule has 3 aliphatic rings. The Labute approximate surface area is 385 Å². The lowest BCUT2D eigenvalue weighted by Crippen LogP contribution is -2.52. The molecule has 2 N–H and O–H groups in total. The number of allylic oxidation sites excluding steroid dienone is 2. The Morgan fingerprint density at radius 3 is 1.58 bits per heavy atom. The van der Waals surface area contributed by atoms with Crippen LogP contribution < -0.4 is 10.5 Å². The topological polar surface area (TPSA) is 227 Å². The first-order valence-corrected chi connectivity index (χ1v) is 22.1. The van der Waals surface area contributed by atoms with Gasteiger partial charge in [-0.3, -0.25) is 19.2 Å². The molecule has 7 aromatic rings. The highest BCUT2D eigenvalue weighted by atomic mass is 32.1. The number of nitriles is 3. The molecule has 0 saturated carbocycles. The molecule has 0 amide bonds. The van der Waals surface area contributed by atoms with Crippen molar-refractivity contribution in [2.24, 2.45) is 0 Å². The second kappa shape index (κ2) is 15.9. The molecule has 0 unspecified atom stereocenters. The molecule has 66 heavy (non-hydrogen) atoms. The maximum Gasteiger partial charge on any atom is 0.367 e. The van der Waals surface area contributed by atoms with Crippen molar-refractivity contribution in [3.05, 3.63) is 174 Å². The molecule has 0 fully saturated rings. The van der Waals surface area contributed by atoms with Gasteiger partial charge in [-0.1, -0.05) is 60.7 Å². The summed E-state index contributed by atoms with van der Waals surface area (Å²) in [5.74, 6) is -4.61. The highest BCUT2D eigenvalue weighted by Crippen LogP contribution is 2.58. The van der Waals surface area contributed by atoms with Crippen molar-refractivity contribution >= 4 is 96.3 Å². The van der Waals surface area contributed by atoms with E-state index in [4.69, 9.17) is 19.9 Å². The quantitative estimate of drug-likeness (QED) is 0.0494. The standard InChI is InChI=1S/C50H24N4O9S3/c51-19-26-11-31-32(12-27(26)20-52)41(56)36(40(31)55)15-30-17-39-46(65-30)44-47(66-39)45-37(16-29(64-45)14-35-42(57)33-13-28(21-53)38(54)18-34(33)43(35)58)50(63-44,48(59)61-22-24-7-3-1-4-8-24)49(60)62-23-25-9-5-2-6-10-25/h1-18H,22-23,54H2/b35-14-. The third kappa shape index (κ3) is 6.54. The van der Waals surface area contributed by atoms with Crippen molar-refractivity contribution in [2.75, 3.05) is 5.73 Å². The van der Waals surface area contributed by atoms with Gasteiger partial charge in [-0.25, -0.2) is 9.59 Å². The first kappa shape index (κ1) is 41.4. The maximum atomic E-state index is 14.9. The molecule has 0 atom stereocenters. The molecular formula is C50H24N4O9S3. The largest absolute Gasteiger partial charge is 0.457 e. The molecule has 0 bridgehead atoms. The number of ether oxygens (including phenoxy) is 3. The molecule has 16 heteroatoms. The molecule has 13 nitrogen and oxygen atoms in total. The molecule has 316 valence electrons. The molecule has 0 spiro atoms. The Hall–Kier alpha value is -8.59. The van der Waals surface area contributed by atoms with E-state index in [9.17, 15) is 44.6 Å². The zero-order valence-corrected chi connectivity index (χ0v) is 36.1. The third-order valence-corrected chi connectivity index (χ3v) is 14.7. The summed E-state index contributed by atoms with van der Waals surface area (Å²) in [5.41, 5.74) is 4.32. The summed E-state index contributed by atoms with van der Waals surface area (Å²) in [6.45, 7) is -0.498. The van der Waals surface area contributed by atoms with Crippen LogP contribution in [0.5, 0.6) is 5.75 Å². The van der Waals surface area contributed by atoms with Crippen molar-refractivity contribution in [1.82, 2.24) is 0 Å². The molecule has 0 radical (unpaired) electrons. The molecule has 10 rings (SSSR count).